The number of aryl methyl sites for hydroxylation is 2. The number of hydrogen-bond donors (Lipinski definition) is 1. The van der Waals surface area contributed by atoms with Crippen molar-refractivity contribution in [2.24, 2.45) is 0 Å². The van der Waals surface area contributed by atoms with Crippen molar-refractivity contribution in [3.05, 3.63) is 29.5 Å². The number of aromatic nitrogens is 1. The monoisotopic (exact) mass is 269 g/mol. The SMILES string of the molecule is O=S(=O)(Cl)c1ccc2[nH]c3c(c2c1)CCCC3. The molecule has 0 atom stereocenters. The summed E-state index contributed by atoms with van der Waals surface area (Å²) in [5, 5.41) is 1.00. The summed E-state index contributed by atoms with van der Waals surface area (Å²) in [5.74, 6) is 0. The lowest BCUT2D eigenvalue weighted by atomic mass is 9.96. The van der Waals surface area contributed by atoms with Gasteiger partial charge in [0.15, 0.2) is 0 Å². The third-order valence-electron chi connectivity index (χ3n) is 3.35. The van der Waals surface area contributed by atoms with Crippen molar-refractivity contribution in [2.45, 2.75) is 30.6 Å². The highest BCUT2D eigenvalue weighted by molar-refractivity contribution is 8.13. The van der Waals surface area contributed by atoms with E-state index in [0.29, 0.717) is 0 Å². The Morgan fingerprint density at radius 1 is 1.18 bits per heavy atom. The van der Waals surface area contributed by atoms with Gasteiger partial charge < -0.3 is 4.98 Å². The summed E-state index contributed by atoms with van der Waals surface area (Å²) in [5.41, 5.74) is 3.50. The molecule has 0 fully saturated rings. The van der Waals surface area contributed by atoms with E-state index in [1.807, 2.05) is 0 Å². The average molecular weight is 270 g/mol. The van der Waals surface area contributed by atoms with Crippen molar-refractivity contribution in [1.82, 2.24) is 4.98 Å². The molecule has 0 aliphatic heterocycles. The van der Waals surface area contributed by atoms with Gasteiger partial charge in [0.25, 0.3) is 9.05 Å². The van der Waals surface area contributed by atoms with Crippen LogP contribution in [-0.4, -0.2) is 13.4 Å². The first kappa shape index (κ1) is 11.1. The molecule has 17 heavy (non-hydrogen) atoms. The molecule has 1 aliphatic carbocycles. The van der Waals surface area contributed by atoms with Crippen molar-refractivity contribution in [2.75, 3.05) is 0 Å². The summed E-state index contributed by atoms with van der Waals surface area (Å²) < 4.78 is 22.6. The van der Waals surface area contributed by atoms with Crippen LogP contribution in [0.15, 0.2) is 23.1 Å². The minimum atomic E-state index is -3.64. The molecule has 3 rings (SSSR count). The van der Waals surface area contributed by atoms with Crippen molar-refractivity contribution >= 4 is 30.6 Å². The Hall–Kier alpha value is -1.00. The molecule has 1 aromatic carbocycles. The molecule has 1 aliphatic rings. The molecular weight excluding hydrogens is 258 g/mol. The van der Waals surface area contributed by atoms with Crippen LogP contribution in [0, 0.1) is 0 Å². The van der Waals surface area contributed by atoms with Crippen LogP contribution < -0.4 is 0 Å². The topological polar surface area (TPSA) is 49.9 Å². The molecule has 1 N–H and O–H groups in total. The quantitative estimate of drug-likeness (QED) is 0.809. The molecule has 90 valence electrons. The predicted molar refractivity (Wildman–Crippen MR) is 68.0 cm³/mol. The zero-order chi connectivity index (χ0) is 12.0. The predicted octanol–water partition coefficient (Wildman–Crippen LogP) is 2.97. The first-order valence-corrected chi connectivity index (χ1v) is 7.95. The standard InChI is InChI=1S/C12H12ClNO2S/c13-17(15,16)8-5-6-12-10(7-8)9-3-1-2-4-11(9)14-12/h5-7,14H,1-4H2. The maximum absolute atomic E-state index is 11.3. The van der Waals surface area contributed by atoms with Gasteiger partial charge in [0, 0.05) is 27.3 Å². The average Bonchev–Trinajstić information content (AvgIpc) is 2.65. The van der Waals surface area contributed by atoms with Crippen molar-refractivity contribution in [3.8, 4) is 0 Å². The van der Waals surface area contributed by atoms with Crippen LogP contribution in [0.25, 0.3) is 10.9 Å². The first-order valence-electron chi connectivity index (χ1n) is 5.64. The number of fused-ring (bicyclic) bond motifs is 3. The van der Waals surface area contributed by atoms with Crippen LogP contribution in [0.4, 0.5) is 0 Å². The Labute approximate surface area is 104 Å². The van der Waals surface area contributed by atoms with Crippen molar-refractivity contribution in [1.29, 1.82) is 0 Å². The number of hydrogen-bond acceptors (Lipinski definition) is 2. The summed E-state index contributed by atoms with van der Waals surface area (Å²) in [7, 11) is 1.73. The van der Waals surface area contributed by atoms with Crippen molar-refractivity contribution in [3.63, 3.8) is 0 Å². The number of halogens is 1. The molecule has 0 bridgehead atoms. The molecule has 2 aromatic rings. The zero-order valence-corrected chi connectivity index (χ0v) is 10.7. The van der Waals surface area contributed by atoms with E-state index >= 15 is 0 Å². The Morgan fingerprint density at radius 2 is 1.94 bits per heavy atom. The largest absolute Gasteiger partial charge is 0.358 e. The molecule has 0 spiro atoms. The van der Waals surface area contributed by atoms with E-state index in [-0.39, 0.29) is 4.90 Å². The molecular formula is C12H12ClNO2S. The number of aromatic amines is 1. The lowest BCUT2D eigenvalue weighted by molar-refractivity contribution is 0.609. The minimum Gasteiger partial charge on any atom is -0.358 e. The van der Waals surface area contributed by atoms with Crippen LogP contribution in [0.5, 0.6) is 0 Å². The number of H-pyrrole nitrogens is 1. The molecule has 0 saturated carbocycles. The molecule has 0 unspecified atom stereocenters. The van der Waals surface area contributed by atoms with Crippen LogP contribution in [-0.2, 0) is 21.9 Å². The Bertz CT molecular complexity index is 688. The lowest BCUT2D eigenvalue weighted by Crippen LogP contribution is -2.00. The fourth-order valence-corrected chi connectivity index (χ4v) is 3.31. The minimum absolute atomic E-state index is 0.180. The Morgan fingerprint density at radius 3 is 2.71 bits per heavy atom. The fourth-order valence-electron chi connectivity index (χ4n) is 2.54. The Kier molecular flexibility index (Phi) is 2.45. The van der Waals surface area contributed by atoms with Gasteiger partial charge in [0.05, 0.1) is 4.90 Å². The Balaban J connectivity index is 2.28. The molecule has 5 heteroatoms. The second-order valence-electron chi connectivity index (χ2n) is 4.43. The molecule has 0 amide bonds. The van der Waals surface area contributed by atoms with E-state index in [1.54, 1.807) is 18.2 Å². The van der Waals surface area contributed by atoms with Gasteiger partial charge in [0.1, 0.15) is 0 Å². The third kappa shape index (κ3) is 1.85. The second-order valence-corrected chi connectivity index (χ2v) is 7.00. The third-order valence-corrected chi connectivity index (χ3v) is 4.70. The smallest absolute Gasteiger partial charge is 0.261 e. The first-order chi connectivity index (χ1) is 8.05. The second kappa shape index (κ2) is 3.75. The van der Waals surface area contributed by atoms with Gasteiger partial charge in [-0.05, 0) is 49.4 Å². The van der Waals surface area contributed by atoms with Gasteiger partial charge in [-0.25, -0.2) is 8.42 Å². The summed E-state index contributed by atoms with van der Waals surface area (Å²) in [6.45, 7) is 0. The van der Waals surface area contributed by atoms with Gasteiger partial charge in [0.2, 0.25) is 0 Å². The molecule has 0 radical (unpaired) electrons. The van der Waals surface area contributed by atoms with Gasteiger partial charge >= 0.3 is 0 Å². The van der Waals surface area contributed by atoms with Crippen LogP contribution in [0.2, 0.25) is 0 Å². The molecule has 1 heterocycles. The summed E-state index contributed by atoms with van der Waals surface area (Å²) in [4.78, 5) is 3.54. The van der Waals surface area contributed by atoms with Gasteiger partial charge in [-0.3, -0.25) is 0 Å². The summed E-state index contributed by atoms with van der Waals surface area (Å²) in [6, 6.07) is 5.02. The summed E-state index contributed by atoms with van der Waals surface area (Å²) in [6.07, 6.45) is 4.42. The van der Waals surface area contributed by atoms with Crippen LogP contribution in [0.3, 0.4) is 0 Å². The van der Waals surface area contributed by atoms with Crippen LogP contribution >= 0.6 is 10.7 Å². The van der Waals surface area contributed by atoms with Gasteiger partial charge in [-0.2, -0.15) is 0 Å². The van der Waals surface area contributed by atoms with Crippen molar-refractivity contribution < 1.29 is 8.42 Å². The highest BCUT2D eigenvalue weighted by Gasteiger charge is 2.17. The van der Waals surface area contributed by atoms with E-state index in [4.69, 9.17) is 10.7 Å². The number of rotatable bonds is 1. The molecule has 0 saturated heterocycles. The maximum Gasteiger partial charge on any atom is 0.261 e. The maximum atomic E-state index is 11.3. The van der Waals surface area contributed by atoms with Crippen LogP contribution in [0.1, 0.15) is 24.1 Å². The zero-order valence-electron chi connectivity index (χ0n) is 9.16. The van der Waals surface area contributed by atoms with E-state index in [2.05, 4.69) is 4.98 Å². The van der Waals surface area contributed by atoms with E-state index in [0.717, 1.165) is 30.2 Å². The normalized spacial score (nSPS) is 16.1. The van der Waals surface area contributed by atoms with Gasteiger partial charge in [-0.1, -0.05) is 0 Å². The highest BCUT2D eigenvalue weighted by atomic mass is 35.7. The van der Waals surface area contributed by atoms with E-state index < -0.39 is 9.05 Å². The number of benzene rings is 1. The fraction of sp³-hybridized carbons (Fsp3) is 0.333. The lowest BCUT2D eigenvalue weighted by Gasteiger charge is -2.10. The van der Waals surface area contributed by atoms with Gasteiger partial charge in [-0.15, -0.1) is 0 Å². The number of nitrogens with one attached hydrogen (secondary N) is 1. The molecule has 3 nitrogen and oxygen atoms in total. The highest BCUT2D eigenvalue weighted by Crippen LogP contribution is 2.31. The van der Waals surface area contributed by atoms with E-state index in [1.165, 1.54) is 17.7 Å². The summed E-state index contributed by atoms with van der Waals surface area (Å²) >= 11 is 0. The van der Waals surface area contributed by atoms with E-state index in [9.17, 15) is 8.42 Å². The molecule has 1 aromatic heterocycles.